The SMILES string of the molecule is COc1cc(NC(=O)CCc2cc(C)cc(C)c2)ccc1C(=O)O. The number of rotatable bonds is 6. The number of benzene rings is 2. The van der Waals surface area contributed by atoms with Crippen molar-refractivity contribution in [2.45, 2.75) is 26.7 Å². The summed E-state index contributed by atoms with van der Waals surface area (Å²) in [5.74, 6) is -0.978. The molecule has 0 aliphatic rings. The highest BCUT2D eigenvalue weighted by Gasteiger charge is 2.12. The molecule has 0 aliphatic carbocycles. The van der Waals surface area contributed by atoms with E-state index >= 15 is 0 Å². The summed E-state index contributed by atoms with van der Waals surface area (Å²) in [7, 11) is 1.40. The van der Waals surface area contributed by atoms with Crippen LogP contribution in [0.4, 0.5) is 5.69 Å². The lowest BCUT2D eigenvalue weighted by atomic mass is 10.0. The number of nitrogens with one attached hydrogen (secondary N) is 1. The molecular weight excluding hydrogens is 306 g/mol. The van der Waals surface area contributed by atoms with Gasteiger partial charge in [0.05, 0.1) is 7.11 Å². The van der Waals surface area contributed by atoms with Crippen molar-refractivity contribution in [3.63, 3.8) is 0 Å². The molecule has 5 nitrogen and oxygen atoms in total. The maximum Gasteiger partial charge on any atom is 0.339 e. The van der Waals surface area contributed by atoms with E-state index in [2.05, 4.69) is 23.5 Å². The Kier molecular flexibility index (Phi) is 5.58. The lowest BCUT2D eigenvalue weighted by Crippen LogP contribution is -2.13. The van der Waals surface area contributed by atoms with Crippen molar-refractivity contribution in [1.29, 1.82) is 0 Å². The molecule has 0 fully saturated rings. The number of ether oxygens (including phenoxy) is 1. The van der Waals surface area contributed by atoms with Gasteiger partial charge in [-0.3, -0.25) is 4.79 Å². The Morgan fingerprint density at radius 3 is 2.33 bits per heavy atom. The lowest BCUT2D eigenvalue weighted by molar-refractivity contribution is -0.116. The van der Waals surface area contributed by atoms with E-state index < -0.39 is 5.97 Å². The average Bonchev–Trinajstić information content (AvgIpc) is 2.51. The molecule has 2 rings (SSSR count). The number of methoxy groups -OCH3 is 1. The Labute approximate surface area is 141 Å². The van der Waals surface area contributed by atoms with Crippen LogP contribution in [0.3, 0.4) is 0 Å². The van der Waals surface area contributed by atoms with Gasteiger partial charge in [-0.05, 0) is 38.0 Å². The fourth-order valence-corrected chi connectivity index (χ4v) is 2.64. The number of aromatic carboxylic acids is 1. The van der Waals surface area contributed by atoms with Crippen molar-refractivity contribution in [3.05, 3.63) is 58.7 Å². The predicted molar refractivity (Wildman–Crippen MR) is 92.8 cm³/mol. The Hall–Kier alpha value is -2.82. The molecule has 0 saturated heterocycles. The molecule has 2 aromatic rings. The van der Waals surface area contributed by atoms with Crippen LogP contribution in [0.1, 0.15) is 33.5 Å². The monoisotopic (exact) mass is 327 g/mol. The molecule has 0 atom stereocenters. The second-order valence-corrected chi connectivity index (χ2v) is 5.76. The molecule has 0 spiro atoms. The van der Waals surface area contributed by atoms with Crippen LogP contribution in [0, 0.1) is 13.8 Å². The summed E-state index contributed by atoms with van der Waals surface area (Å²) in [4.78, 5) is 23.2. The van der Waals surface area contributed by atoms with E-state index in [1.54, 1.807) is 6.07 Å². The molecule has 0 heterocycles. The molecule has 0 radical (unpaired) electrons. The summed E-state index contributed by atoms with van der Waals surface area (Å²) in [5.41, 5.74) is 4.06. The number of carbonyl (C=O) groups excluding carboxylic acids is 1. The zero-order valence-corrected chi connectivity index (χ0v) is 14.1. The molecule has 5 heteroatoms. The summed E-state index contributed by atoms with van der Waals surface area (Å²) < 4.78 is 5.05. The quantitative estimate of drug-likeness (QED) is 0.850. The predicted octanol–water partition coefficient (Wildman–Crippen LogP) is 3.58. The highest BCUT2D eigenvalue weighted by Crippen LogP contribution is 2.23. The third-order valence-electron chi connectivity index (χ3n) is 3.64. The highest BCUT2D eigenvalue weighted by molar-refractivity contribution is 5.94. The van der Waals surface area contributed by atoms with E-state index in [1.807, 2.05) is 13.8 Å². The van der Waals surface area contributed by atoms with Gasteiger partial charge in [0.1, 0.15) is 11.3 Å². The third-order valence-corrected chi connectivity index (χ3v) is 3.64. The van der Waals surface area contributed by atoms with Gasteiger partial charge in [0.15, 0.2) is 0 Å². The normalized spacial score (nSPS) is 10.3. The summed E-state index contributed by atoms with van der Waals surface area (Å²) >= 11 is 0. The number of aryl methyl sites for hydroxylation is 3. The first kappa shape index (κ1) is 17.5. The minimum Gasteiger partial charge on any atom is -0.496 e. The number of carbonyl (C=O) groups is 2. The van der Waals surface area contributed by atoms with Crippen LogP contribution in [0.25, 0.3) is 0 Å². The van der Waals surface area contributed by atoms with Crippen LogP contribution in [0.5, 0.6) is 5.75 Å². The molecule has 1 amide bonds. The molecule has 0 saturated carbocycles. The van der Waals surface area contributed by atoms with E-state index in [9.17, 15) is 9.59 Å². The average molecular weight is 327 g/mol. The van der Waals surface area contributed by atoms with Gasteiger partial charge in [-0.25, -0.2) is 4.79 Å². The van der Waals surface area contributed by atoms with E-state index in [4.69, 9.17) is 9.84 Å². The van der Waals surface area contributed by atoms with Crippen LogP contribution < -0.4 is 10.1 Å². The topological polar surface area (TPSA) is 75.6 Å². The van der Waals surface area contributed by atoms with E-state index in [0.717, 1.165) is 5.56 Å². The van der Waals surface area contributed by atoms with Crippen molar-refractivity contribution < 1.29 is 19.4 Å². The van der Waals surface area contributed by atoms with Crippen LogP contribution in [0.2, 0.25) is 0 Å². The fraction of sp³-hybridized carbons (Fsp3) is 0.263. The standard InChI is InChI=1S/C19H21NO4/c1-12-8-13(2)10-14(9-12)4-7-18(21)20-15-5-6-16(19(22)23)17(11-15)24-3/h5-6,8-11H,4,7H2,1-3H3,(H,20,21)(H,22,23). The molecule has 0 aromatic heterocycles. The second-order valence-electron chi connectivity index (χ2n) is 5.76. The van der Waals surface area contributed by atoms with Crippen molar-refractivity contribution in [1.82, 2.24) is 0 Å². The van der Waals surface area contributed by atoms with Gasteiger partial charge in [0, 0.05) is 18.2 Å². The minimum atomic E-state index is -1.07. The van der Waals surface area contributed by atoms with Crippen molar-refractivity contribution >= 4 is 17.6 Å². The largest absolute Gasteiger partial charge is 0.496 e. The summed E-state index contributed by atoms with van der Waals surface area (Å²) in [6.07, 6.45) is 1.00. The Balaban J connectivity index is 2.00. The lowest BCUT2D eigenvalue weighted by Gasteiger charge is -2.10. The summed E-state index contributed by atoms with van der Waals surface area (Å²) in [5, 5.41) is 11.8. The minimum absolute atomic E-state index is 0.0609. The van der Waals surface area contributed by atoms with Gasteiger partial charge in [-0.15, -0.1) is 0 Å². The van der Waals surface area contributed by atoms with Crippen LogP contribution in [-0.4, -0.2) is 24.1 Å². The Bertz CT molecular complexity index is 748. The number of amides is 1. The third kappa shape index (κ3) is 4.59. The highest BCUT2D eigenvalue weighted by atomic mass is 16.5. The second kappa shape index (κ2) is 7.64. The van der Waals surface area contributed by atoms with Gasteiger partial charge in [-0.2, -0.15) is 0 Å². The molecule has 0 aliphatic heterocycles. The van der Waals surface area contributed by atoms with Crippen molar-refractivity contribution in [2.75, 3.05) is 12.4 Å². The summed E-state index contributed by atoms with van der Waals surface area (Å²) in [6, 6.07) is 10.7. The number of carboxylic acids is 1. The fourth-order valence-electron chi connectivity index (χ4n) is 2.64. The number of carboxylic acid groups (broad SMARTS) is 1. The van der Waals surface area contributed by atoms with Gasteiger partial charge >= 0.3 is 5.97 Å². The smallest absolute Gasteiger partial charge is 0.339 e. The first-order chi connectivity index (χ1) is 11.4. The molecule has 2 aromatic carbocycles. The van der Waals surface area contributed by atoms with Crippen molar-refractivity contribution in [2.24, 2.45) is 0 Å². The molecular formula is C19H21NO4. The van der Waals surface area contributed by atoms with Crippen LogP contribution in [0.15, 0.2) is 36.4 Å². The zero-order valence-electron chi connectivity index (χ0n) is 14.1. The summed E-state index contributed by atoms with van der Waals surface area (Å²) in [6.45, 7) is 4.07. The van der Waals surface area contributed by atoms with Gasteiger partial charge < -0.3 is 15.2 Å². The Morgan fingerprint density at radius 2 is 1.75 bits per heavy atom. The zero-order chi connectivity index (χ0) is 17.7. The maximum absolute atomic E-state index is 12.1. The van der Waals surface area contributed by atoms with Crippen LogP contribution >= 0.6 is 0 Å². The molecule has 0 bridgehead atoms. The van der Waals surface area contributed by atoms with Crippen molar-refractivity contribution in [3.8, 4) is 5.75 Å². The molecule has 126 valence electrons. The first-order valence-corrected chi connectivity index (χ1v) is 7.67. The van der Waals surface area contributed by atoms with Gasteiger partial charge in [0.25, 0.3) is 0 Å². The number of anilines is 1. The van der Waals surface area contributed by atoms with Gasteiger partial charge in [-0.1, -0.05) is 29.3 Å². The number of hydrogen-bond acceptors (Lipinski definition) is 3. The van der Waals surface area contributed by atoms with E-state index in [1.165, 1.54) is 30.4 Å². The number of hydrogen-bond donors (Lipinski definition) is 2. The van der Waals surface area contributed by atoms with E-state index in [-0.39, 0.29) is 17.2 Å². The van der Waals surface area contributed by atoms with Gasteiger partial charge in [0.2, 0.25) is 5.91 Å². The maximum atomic E-state index is 12.1. The first-order valence-electron chi connectivity index (χ1n) is 7.67. The molecule has 2 N–H and O–H groups in total. The molecule has 0 unspecified atom stereocenters. The van der Waals surface area contributed by atoms with E-state index in [0.29, 0.717) is 18.5 Å². The van der Waals surface area contributed by atoms with Crippen LogP contribution in [-0.2, 0) is 11.2 Å². The molecule has 24 heavy (non-hydrogen) atoms. The Morgan fingerprint density at radius 1 is 1.08 bits per heavy atom.